The Bertz CT molecular complexity index is 813. The fourth-order valence-electron chi connectivity index (χ4n) is 2.31. The predicted octanol–water partition coefficient (Wildman–Crippen LogP) is 3.35. The second-order valence-corrected chi connectivity index (χ2v) is 5.49. The Morgan fingerprint density at radius 3 is 2.50 bits per heavy atom. The lowest BCUT2D eigenvalue weighted by Gasteiger charge is -2.18. The Morgan fingerprint density at radius 2 is 1.85 bits per heavy atom. The Balaban J connectivity index is 2.59. The van der Waals surface area contributed by atoms with E-state index >= 15 is 0 Å². The summed E-state index contributed by atoms with van der Waals surface area (Å²) in [4.78, 5) is 29.0. The van der Waals surface area contributed by atoms with E-state index in [1.54, 1.807) is 24.5 Å². The summed E-state index contributed by atoms with van der Waals surface area (Å²) in [6.07, 6.45) is 0.00861. The van der Waals surface area contributed by atoms with E-state index in [1.807, 2.05) is 32.0 Å². The van der Waals surface area contributed by atoms with E-state index in [2.05, 4.69) is 10.1 Å². The van der Waals surface area contributed by atoms with Crippen molar-refractivity contribution in [3.8, 4) is 0 Å². The molecule has 0 N–H and O–H groups in total. The van der Waals surface area contributed by atoms with Gasteiger partial charge in [-0.15, -0.1) is 5.01 Å². The van der Waals surface area contributed by atoms with Gasteiger partial charge >= 0.3 is 12.1 Å². The monoisotopic (exact) mass is 360 g/mol. The van der Waals surface area contributed by atoms with Crippen LogP contribution in [0.3, 0.4) is 0 Å². The Kier molecular flexibility index (Phi) is 6.71. The van der Waals surface area contributed by atoms with E-state index in [9.17, 15) is 9.59 Å². The van der Waals surface area contributed by atoms with Gasteiger partial charge in [0, 0.05) is 5.71 Å². The van der Waals surface area contributed by atoms with Crippen molar-refractivity contribution in [1.82, 2.24) is 9.55 Å². The number of para-hydroxylation sites is 2. The highest BCUT2D eigenvalue weighted by molar-refractivity contribution is 5.93. The molecule has 8 nitrogen and oxygen atoms in total. The minimum absolute atomic E-state index is 0.0831. The van der Waals surface area contributed by atoms with Gasteiger partial charge in [-0.3, -0.25) is 9.36 Å². The van der Waals surface area contributed by atoms with Crippen LogP contribution in [-0.2, 0) is 20.8 Å². The van der Waals surface area contributed by atoms with Gasteiger partial charge < -0.3 is 9.47 Å². The first-order valence-electron chi connectivity index (χ1n) is 8.63. The molecule has 0 spiro atoms. The van der Waals surface area contributed by atoms with Gasteiger partial charge in [0.2, 0.25) is 5.95 Å². The van der Waals surface area contributed by atoms with Crippen LogP contribution in [-0.4, -0.2) is 40.5 Å². The number of hydrogen-bond donors (Lipinski definition) is 0. The number of rotatable bonds is 7. The van der Waals surface area contributed by atoms with E-state index in [0.717, 1.165) is 10.7 Å². The number of fused-ring (bicyclic) bond motifs is 1. The summed E-state index contributed by atoms with van der Waals surface area (Å²) in [6.45, 7) is 7.59. The summed E-state index contributed by atoms with van der Waals surface area (Å²) in [5.74, 6) is -0.206. The third kappa shape index (κ3) is 4.38. The van der Waals surface area contributed by atoms with Crippen LogP contribution in [0, 0.1) is 0 Å². The molecule has 1 amide bonds. The van der Waals surface area contributed by atoms with Crippen LogP contribution < -0.4 is 5.01 Å². The third-order valence-electron chi connectivity index (χ3n) is 3.64. The molecule has 0 radical (unpaired) electrons. The molecule has 1 aromatic heterocycles. The molecule has 140 valence electrons. The van der Waals surface area contributed by atoms with Crippen molar-refractivity contribution in [1.29, 1.82) is 0 Å². The van der Waals surface area contributed by atoms with Crippen LogP contribution in [0.1, 0.15) is 34.1 Å². The second kappa shape index (κ2) is 8.98. The molecule has 2 rings (SSSR count). The number of amides is 1. The topological polar surface area (TPSA) is 86.0 Å². The fraction of sp³-hybridized carbons (Fsp3) is 0.444. The van der Waals surface area contributed by atoms with Crippen LogP contribution in [0.15, 0.2) is 29.4 Å². The van der Waals surface area contributed by atoms with Crippen molar-refractivity contribution in [2.24, 2.45) is 5.10 Å². The number of carbonyl (C=O) groups is 2. The summed E-state index contributed by atoms with van der Waals surface area (Å²) in [6, 6.07) is 7.30. The lowest BCUT2D eigenvalue weighted by molar-refractivity contribution is -0.143. The first kappa shape index (κ1) is 19.4. The van der Waals surface area contributed by atoms with E-state index < -0.39 is 12.1 Å². The van der Waals surface area contributed by atoms with Crippen LogP contribution in [0.2, 0.25) is 0 Å². The van der Waals surface area contributed by atoms with E-state index in [-0.39, 0.29) is 25.7 Å². The lowest BCUT2D eigenvalue weighted by atomic mass is 10.3. The number of aromatic nitrogens is 2. The van der Waals surface area contributed by atoms with Gasteiger partial charge in [0.25, 0.3) is 0 Å². The van der Waals surface area contributed by atoms with Crippen molar-refractivity contribution in [3.63, 3.8) is 0 Å². The molecule has 26 heavy (non-hydrogen) atoms. The number of ether oxygens (including phenoxy) is 2. The normalized spacial score (nSPS) is 11.5. The van der Waals surface area contributed by atoms with E-state index in [0.29, 0.717) is 17.5 Å². The number of imidazole rings is 1. The van der Waals surface area contributed by atoms with Gasteiger partial charge in [0.15, 0.2) is 0 Å². The molecule has 1 heterocycles. The van der Waals surface area contributed by atoms with Gasteiger partial charge in [-0.1, -0.05) is 19.1 Å². The van der Waals surface area contributed by atoms with Crippen LogP contribution in [0.25, 0.3) is 11.0 Å². The summed E-state index contributed by atoms with van der Waals surface area (Å²) in [5.41, 5.74) is 2.08. The van der Waals surface area contributed by atoms with Gasteiger partial charge in [-0.2, -0.15) is 5.10 Å². The maximum Gasteiger partial charge on any atom is 0.437 e. The maximum atomic E-state index is 12.5. The largest absolute Gasteiger partial charge is 0.465 e. The highest BCUT2D eigenvalue weighted by atomic mass is 16.6. The van der Waals surface area contributed by atoms with Crippen LogP contribution >= 0.6 is 0 Å². The third-order valence-corrected chi connectivity index (χ3v) is 3.64. The molecule has 0 bridgehead atoms. The van der Waals surface area contributed by atoms with Gasteiger partial charge in [-0.05, 0) is 39.3 Å². The number of carbonyl (C=O) groups excluding carboxylic acids is 2. The Hall–Kier alpha value is -2.90. The SMILES string of the molecule is CCOC(=O)Cn1c(N(N=C(C)CC)C(=O)OCC)nc2ccccc21. The molecular formula is C18H24N4O4. The highest BCUT2D eigenvalue weighted by Gasteiger charge is 2.25. The number of benzene rings is 1. The number of esters is 1. The van der Waals surface area contributed by atoms with Gasteiger partial charge in [0.05, 0.1) is 24.2 Å². The van der Waals surface area contributed by atoms with Crippen molar-refractivity contribution >= 4 is 34.8 Å². The zero-order valence-electron chi connectivity index (χ0n) is 15.6. The number of nitrogens with zero attached hydrogens (tertiary/aromatic N) is 4. The predicted molar refractivity (Wildman–Crippen MR) is 99.3 cm³/mol. The average molecular weight is 360 g/mol. The summed E-state index contributed by atoms with van der Waals surface area (Å²) in [5, 5.41) is 5.43. The number of anilines is 1. The first-order valence-corrected chi connectivity index (χ1v) is 8.63. The molecule has 0 atom stereocenters. The zero-order valence-corrected chi connectivity index (χ0v) is 15.6. The van der Waals surface area contributed by atoms with Crippen molar-refractivity contribution < 1.29 is 19.1 Å². The second-order valence-electron chi connectivity index (χ2n) is 5.49. The van der Waals surface area contributed by atoms with Crippen molar-refractivity contribution in [3.05, 3.63) is 24.3 Å². The molecule has 8 heteroatoms. The first-order chi connectivity index (χ1) is 12.5. The number of hydrazone groups is 1. The quantitative estimate of drug-likeness (QED) is 0.429. The Labute approximate surface area is 152 Å². The molecule has 0 unspecified atom stereocenters. The molecule has 0 fully saturated rings. The van der Waals surface area contributed by atoms with Crippen molar-refractivity contribution in [2.75, 3.05) is 18.2 Å². The van der Waals surface area contributed by atoms with Gasteiger partial charge in [0.1, 0.15) is 6.54 Å². The van der Waals surface area contributed by atoms with Gasteiger partial charge in [-0.25, -0.2) is 9.78 Å². The smallest absolute Gasteiger partial charge is 0.437 e. The van der Waals surface area contributed by atoms with Crippen LogP contribution in [0.5, 0.6) is 0 Å². The minimum atomic E-state index is -0.652. The standard InChI is InChI=1S/C18H24N4O4/c1-5-13(4)20-22(18(24)26-7-3)17-19-14-10-8-9-11-15(14)21(17)12-16(23)25-6-2/h8-11H,5-7,12H2,1-4H3. The maximum absolute atomic E-state index is 12.5. The summed E-state index contributed by atoms with van der Waals surface area (Å²) >= 11 is 0. The van der Waals surface area contributed by atoms with E-state index in [1.165, 1.54) is 0 Å². The zero-order chi connectivity index (χ0) is 19.1. The average Bonchev–Trinajstić information content (AvgIpc) is 2.98. The molecule has 2 aromatic rings. The lowest BCUT2D eigenvalue weighted by Crippen LogP contribution is -2.31. The van der Waals surface area contributed by atoms with E-state index in [4.69, 9.17) is 9.47 Å². The molecule has 0 saturated heterocycles. The molecule has 0 aliphatic rings. The summed E-state index contributed by atoms with van der Waals surface area (Å²) in [7, 11) is 0. The molecule has 1 aromatic carbocycles. The minimum Gasteiger partial charge on any atom is -0.465 e. The molecular weight excluding hydrogens is 336 g/mol. The molecule has 0 aliphatic heterocycles. The fourth-order valence-corrected chi connectivity index (χ4v) is 2.31. The molecule has 0 aliphatic carbocycles. The summed E-state index contributed by atoms with van der Waals surface area (Å²) < 4.78 is 11.8. The van der Waals surface area contributed by atoms with Crippen molar-refractivity contribution in [2.45, 2.75) is 40.7 Å². The highest BCUT2D eigenvalue weighted by Crippen LogP contribution is 2.24. The Morgan fingerprint density at radius 1 is 1.15 bits per heavy atom. The molecule has 0 saturated carbocycles. The van der Waals surface area contributed by atoms with Crippen LogP contribution in [0.4, 0.5) is 10.7 Å². The number of hydrogen-bond acceptors (Lipinski definition) is 6.